The van der Waals surface area contributed by atoms with Gasteiger partial charge in [0.1, 0.15) is 0 Å². The van der Waals surface area contributed by atoms with Crippen LogP contribution in [0.2, 0.25) is 0 Å². The van der Waals surface area contributed by atoms with E-state index in [0.29, 0.717) is 0 Å². The van der Waals surface area contributed by atoms with Crippen LogP contribution in [0.1, 0.15) is 31.9 Å². The molecule has 0 bridgehead atoms. The molecule has 1 aliphatic heterocycles. The number of hydrogen-bond donors (Lipinski definition) is 1. The van der Waals surface area contributed by atoms with Crippen LogP contribution in [0.15, 0.2) is 34.3 Å². The van der Waals surface area contributed by atoms with E-state index < -0.39 is 0 Å². The second kappa shape index (κ2) is 5.23. The van der Waals surface area contributed by atoms with Crippen LogP contribution in [-0.4, -0.2) is 13.1 Å². The van der Waals surface area contributed by atoms with Crippen molar-refractivity contribution in [3.8, 4) is 0 Å². The third kappa shape index (κ3) is 2.90. The van der Waals surface area contributed by atoms with Gasteiger partial charge in [0.2, 0.25) is 0 Å². The van der Waals surface area contributed by atoms with Gasteiger partial charge in [-0.2, -0.15) is 0 Å². The molecule has 1 heterocycles. The van der Waals surface area contributed by atoms with Gasteiger partial charge in [-0.05, 0) is 38.0 Å². The third-order valence-electron chi connectivity index (χ3n) is 3.28. The Morgan fingerprint density at radius 2 is 2.18 bits per heavy atom. The van der Waals surface area contributed by atoms with Gasteiger partial charge in [-0.1, -0.05) is 33.6 Å². The predicted octanol–water partition coefficient (Wildman–Crippen LogP) is 3.63. The SMILES string of the molecule is CC1=CCN(c2ccc(C(C)N)c(Br)c2)CC1. The van der Waals surface area contributed by atoms with Crippen molar-refractivity contribution in [2.75, 3.05) is 18.0 Å². The molecule has 0 fully saturated rings. The summed E-state index contributed by atoms with van der Waals surface area (Å²) in [4.78, 5) is 2.39. The molecule has 0 aliphatic carbocycles. The Labute approximate surface area is 112 Å². The molecule has 0 amide bonds. The van der Waals surface area contributed by atoms with E-state index in [4.69, 9.17) is 5.73 Å². The summed E-state index contributed by atoms with van der Waals surface area (Å²) in [5.74, 6) is 0. The lowest BCUT2D eigenvalue weighted by molar-refractivity contribution is 0.783. The summed E-state index contributed by atoms with van der Waals surface area (Å²) in [6, 6.07) is 6.53. The molecule has 1 atom stereocenters. The predicted molar refractivity (Wildman–Crippen MR) is 77.3 cm³/mol. The average molecular weight is 295 g/mol. The fourth-order valence-electron chi connectivity index (χ4n) is 2.09. The van der Waals surface area contributed by atoms with Crippen LogP contribution in [0.5, 0.6) is 0 Å². The Kier molecular flexibility index (Phi) is 3.89. The minimum Gasteiger partial charge on any atom is -0.367 e. The van der Waals surface area contributed by atoms with Crippen molar-refractivity contribution in [2.45, 2.75) is 26.3 Å². The summed E-state index contributed by atoms with van der Waals surface area (Å²) in [7, 11) is 0. The van der Waals surface area contributed by atoms with Crippen LogP contribution < -0.4 is 10.6 Å². The van der Waals surface area contributed by atoms with Gasteiger partial charge < -0.3 is 10.6 Å². The Morgan fingerprint density at radius 3 is 2.71 bits per heavy atom. The van der Waals surface area contributed by atoms with Gasteiger partial charge in [0.15, 0.2) is 0 Å². The molecule has 0 aromatic heterocycles. The third-order valence-corrected chi connectivity index (χ3v) is 3.96. The Morgan fingerprint density at radius 1 is 1.41 bits per heavy atom. The minimum absolute atomic E-state index is 0.0712. The first-order valence-corrected chi connectivity index (χ1v) is 6.83. The summed E-state index contributed by atoms with van der Waals surface area (Å²) >= 11 is 3.60. The van der Waals surface area contributed by atoms with Crippen molar-refractivity contribution >= 4 is 21.6 Å². The maximum absolute atomic E-state index is 5.91. The van der Waals surface area contributed by atoms with E-state index >= 15 is 0 Å². The zero-order valence-electron chi connectivity index (χ0n) is 10.4. The van der Waals surface area contributed by atoms with E-state index in [9.17, 15) is 0 Å². The number of halogens is 1. The molecule has 0 radical (unpaired) electrons. The van der Waals surface area contributed by atoms with Crippen LogP contribution in [0.3, 0.4) is 0 Å². The molecule has 1 unspecified atom stereocenters. The van der Waals surface area contributed by atoms with E-state index in [2.05, 4.69) is 52.0 Å². The van der Waals surface area contributed by atoms with Crippen LogP contribution in [0, 0.1) is 0 Å². The molecule has 17 heavy (non-hydrogen) atoms. The van der Waals surface area contributed by atoms with Crippen LogP contribution in [0.25, 0.3) is 0 Å². The highest BCUT2D eigenvalue weighted by atomic mass is 79.9. The quantitative estimate of drug-likeness (QED) is 0.844. The van der Waals surface area contributed by atoms with Crippen LogP contribution >= 0.6 is 15.9 Å². The first-order valence-electron chi connectivity index (χ1n) is 6.03. The highest BCUT2D eigenvalue weighted by molar-refractivity contribution is 9.10. The molecule has 1 aromatic carbocycles. The van der Waals surface area contributed by atoms with Crippen molar-refractivity contribution in [1.82, 2.24) is 0 Å². The second-order valence-corrected chi connectivity index (χ2v) is 5.60. The Hall–Kier alpha value is -0.800. The van der Waals surface area contributed by atoms with Crippen molar-refractivity contribution in [3.63, 3.8) is 0 Å². The smallest absolute Gasteiger partial charge is 0.0380 e. The minimum atomic E-state index is 0.0712. The van der Waals surface area contributed by atoms with Gasteiger partial charge in [0.25, 0.3) is 0 Å². The van der Waals surface area contributed by atoms with Crippen molar-refractivity contribution in [2.24, 2.45) is 5.73 Å². The molecule has 92 valence electrons. The maximum Gasteiger partial charge on any atom is 0.0380 e. The summed E-state index contributed by atoms with van der Waals surface area (Å²) in [6.07, 6.45) is 3.46. The van der Waals surface area contributed by atoms with Gasteiger partial charge >= 0.3 is 0 Å². The summed E-state index contributed by atoms with van der Waals surface area (Å²) < 4.78 is 1.11. The molecule has 2 rings (SSSR count). The Balaban J connectivity index is 2.20. The normalized spacial score (nSPS) is 17.9. The van der Waals surface area contributed by atoms with Crippen molar-refractivity contribution in [1.29, 1.82) is 0 Å². The van der Waals surface area contributed by atoms with E-state index in [1.165, 1.54) is 11.3 Å². The van der Waals surface area contributed by atoms with Gasteiger partial charge in [-0.3, -0.25) is 0 Å². The zero-order chi connectivity index (χ0) is 12.4. The topological polar surface area (TPSA) is 29.3 Å². The molecular formula is C14H19BrN2. The zero-order valence-corrected chi connectivity index (χ0v) is 12.0. The molecule has 1 aromatic rings. The molecule has 0 saturated heterocycles. The standard InChI is InChI=1S/C14H19BrN2/c1-10-5-7-17(8-6-10)12-3-4-13(11(2)16)14(15)9-12/h3-5,9,11H,6-8,16H2,1-2H3. The van der Waals surface area contributed by atoms with Gasteiger partial charge in [-0.15, -0.1) is 0 Å². The fraction of sp³-hybridized carbons (Fsp3) is 0.429. The number of nitrogens with two attached hydrogens (primary N) is 1. The van der Waals surface area contributed by atoms with E-state index in [1.54, 1.807) is 0 Å². The van der Waals surface area contributed by atoms with Crippen molar-refractivity contribution in [3.05, 3.63) is 39.9 Å². The van der Waals surface area contributed by atoms with Gasteiger partial charge in [0.05, 0.1) is 0 Å². The lowest BCUT2D eigenvalue weighted by atomic mass is 10.1. The summed E-state index contributed by atoms with van der Waals surface area (Å²) in [5.41, 5.74) is 9.83. The molecule has 3 heteroatoms. The highest BCUT2D eigenvalue weighted by Gasteiger charge is 2.12. The van der Waals surface area contributed by atoms with E-state index in [0.717, 1.165) is 29.5 Å². The number of hydrogen-bond acceptors (Lipinski definition) is 2. The molecular weight excluding hydrogens is 276 g/mol. The second-order valence-electron chi connectivity index (χ2n) is 4.74. The lowest BCUT2D eigenvalue weighted by Crippen LogP contribution is -2.28. The maximum atomic E-state index is 5.91. The Bertz CT molecular complexity index is 438. The number of rotatable bonds is 2. The monoisotopic (exact) mass is 294 g/mol. The lowest BCUT2D eigenvalue weighted by Gasteiger charge is -2.28. The number of nitrogens with zero attached hydrogens (tertiary/aromatic N) is 1. The summed E-state index contributed by atoms with van der Waals surface area (Å²) in [6.45, 7) is 6.32. The van der Waals surface area contributed by atoms with Gasteiger partial charge in [-0.25, -0.2) is 0 Å². The molecule has 0 saturated carbocycles. The van der Waals surface area contributed by atoms with E-state index in [1.807, 2.05) is 6.92 Å². The average Bonchev–Trinajstić information content (AvgIpc) is 2.29. The molecule has 2 N–H and O–H groups in total. The molecule has 2 nitrogen and oxygen atoms in total. The van der Waals surface area contributed by atoms with Crippen molar-refractivity contribution < 1.29 is 0 Å². The van der Waals surface area contributed by atoms with Crippen LogP contribution in [0.4, 0.5) is 5.69 Å². The molecule has 1 aliphatic rings. The van der Waals surface area contributed by atoms with E-state index in [-0.39, 0.29) is 6.04 Å². The molecule has 0 spiro atoms. The summed E-state index contributed by atoms with van der Waals surface area (Å²) in [5, 5.41) is 0. The fourth-order valence-corrected chi connectivity index (χ4v) is 2.82. The highest BCUT2D eigenvalue weighted by Crippen LogP contribution is 2.28. The van der Waals surface area contributed by atoms with Gasteiger partial charge in [0, 0.05) is 29.3 Å². The van der Waals surface area contributed by atoms with Crippen LogP contribution in [-0.2, 0) is 0 Å². The largest absolute Gasteiger partial charge is 0.367 e. The number of benzene rings is 1. The first-order chi connectivity index (χ1) is 8.08. The first kappa shape index (κ1) is 12.7. The number of anilines is 1.